The maximum atomic E-state index is 12.5. The van der Waals surface area contributed by atoms with Crippen molar-refractivity contribution in [3.05, 3.63) is 60.5 Å². The minimum Gasteiger partial charge on any atom is -0.506 e. The molecule has 1 aromatic carbocycles. The zero-order valence-corrected chi connectivity index (χ0v) is 20.7. The van der Waals surface area contributed by atoms with Gasteiger partial charge in [0.1, 0.15) is 28.4 Å². The molecule has 0 saturated heterocycles. The molecule has 33 heavy (non-hydrogen) atoms. The summed E-state index contributed by atoms with van der Waals surface area (Å²) in [4.78, 5) is 27.0. The fourth-order valence-electron chi connectivity index (χ4n) is 3.69. The number of thiophene rings is 2. The quantitative estimate of drug-likeness (QED) is 0.409. The van der Waals surface area contributed by atoms with Crippen molar-refractivity contribution < 1.29 is 34.0 Å². The number of aromatic hydroxyl groups is 2. The molecule has 0 unspecified atom stereocenters. The molecule has 0 aliphatic carbocycles. The monoisotopic (exact) mass is 490 g/mol. The lowest BCUT2D eigenvalue weighted by Gasteiger charge is -2.19. The average Bonchev–Trinajstić information content (AvgIpc) is 3.23. The molecule has 0 saturated carbocycles. The van der Waals surface area contributed by atoms with Crippen molar-refractivity contribution in [1.82, 2.24) is 0 Å². The number of ether oxygens (including phenoxy) is 3. The number of carbonyl (C=O) groups is 2. The molecule has 2 heterocycles. The van der Waals surface area contributed by atoms with Crippen molar-refractivity contribution in [2.45, 2.75) is 33.6 Å². The number of methoxy groups -OCH3 is 1. The third kappa shape index (κ3) is 4.56. The summed E-state index contributed by atoms with van der Waals surface area (Å²) in [6, 6.07) is 7.22. The summed E-state index contributed by atoms with van der Waals surface area (Å²) in [5.41, 5.74) is 0.851. The Hall–Kier alpha value is -3.04. The summed E-state index contributed by atoms with van der Waals surface area (Å²) in [6.45, 7) is 7.18. The van der Waals surface area contributed by atoms with E-state index in [1.54, 1.807) is 33.8 Å². The van der Waals surface area contributed by atoms with E-state index >= 15 is 0 Å². The Morgan fingerprint density at radius 1 is 0.879 bits per heavy atom. The van der Waals surface area contributed by atoms with Gasteiger partial charge in [-0.1, -0.05) is 18.2 Å². The van der Waals surface area contributed by atoms with E-state index in [-0.39, 0.29) is 35.8 Å². The molecule has 0 radical (unpaired) electrons. The van der Waals surface area contributed by atoms with E-state index in [1.807, 2.05) is 18.2 Å². The molecule has 0 bridgehead atoms. The maximum Gasteiger partial charge on any atom is 0.343 e. The minimum atomic E-state index is -0.695. The Morgan fingerprint density at radius 3 is 1.76 bits per heavy atom. The molecule has 0 aliphatic heterocycles. The van der Waals surface area contributed by atoms with E-state index in [0.717, 1.165) is 0 Å². The van der Waals surface area contributed by atoms with Crippen molar-refractivity contribution in [2.24, 2.45) is 0 Å². The van der Waals surface area contributed by atoms with Crippen LogP contribution >= 0.6 is 22.7 Å². The molecule has 3 aromatic rings. The van der Waals surface area contributed by atoms with Gasteiger partial charge in [-0.25, -0.2) is 9.59 Å². The van der Waals surface area contributed by atoms with Crippen LogP contribution in [0.15, 0.2) is 24.3 Å². The van der Waals surface area contributed by atoms with Crippen molar-refractivity contribution in [1.29, 1.82) is 0 Å². The first-order valence-electron chi connectivity index (χ1n) is 10.4. The topological polar surface area (TPSA) is 102 Å². The number of benzene rings is 1. The Bertz CT molecular complexity index is 1110. The summed E-state index contributed by atoms with van der Waals surface area (Å²) >= 11 is 2.46. The second kappa shape index (κ2) is 10.3. The highest BCUT2D eigenvalue weighted by molar-refractivity contribution is 7.14. The summed E-state index contributed by atoms with van der Waals surface area (Å²) in [7, 11) is 1.53. The van der Waals surface area contributed by atoms with Gasteiger partial charge >= 0.3 is 11.9 Å². The van der Waals surface area contributed by atoms with Gasteiger partial charge in [0.25, 0.3) is 0 Å². The molecule has 3 rings (SSSR count). The first-order chi connectivity index (χ1) is 15.8. The van der Waals surface area contributed by atoms with Gasteiger partial charge in [0.05, 0.1) is 36.0 Å². The Morgan fingerprint density at radius 2 is 1.33 bits per heavy atom. The fraction of sp³-hybridized carbons (Fsp3) is 0.333. The van der Waals surface area contributed by atoms with Crippen LogP contribution < -0.4 is 4.74 Å². The third-order valence-corrected chi connectivity index (χ3v) is 7.42. The number of hydrogen-bond acceptors (Lipinski definition) is 9. The fourth-order valence-corrected chi connectivity index (χ4v) is 6.11. The Kier molecular flexibility index (Phi) is 7.65. The molecule has 9 heteroatoms. The zero-order valence-electron chi connectivity index (χ0n) is 19.1. The standard InChI is InChI=1S/C24H26O7S2/c1-6-30-23(27)16-12(3)32-21(19(16)25)18(14-10-8-9-11-15(14)29-5)22-20(26)17(13(4)33-22)24(28)31-7-2/h8-11,18,25-26H,6-7H2,1-5H3. The van der Waals surface area contributed by atoms with Crippen molar-refractivity contribution in [3.63, 3.8) is 0 Å². The highest BCUT2D eigenvalue weighted by Crippen LogP contribution is 2.52. The first-order valence-corrected chi connectivity index (χ1v) is 12.0. The first kappa shape index (κ1) is 24.6. The molecule has 0 amide bonds. The van der Waals surface area contributed by atoms with Gasteiger partial charge in [0.15, 0.2) is 0 Å². The molecule has 0 fully saturated rings. The SMILES string of the molecule is CCOC(=O)c1c(C)sc(C(c2ccccc2OC)c2sc(C)c(C(=O)OCC)c2O)c1O. The van der Waals surface area contributed by atoms with Crippen LogP contribution in [0.2, 0.25) is 0 Å². The number of hydrogen-bond donors (Lipinski definition) is 2. The van der Waals surface area contributed by atoms with Gasteiger partial charge in [-0.3, -0.25) is 0 Å². The smallest absolute Gasteiger partial charge is 0.343 e. The zero-order chi connectivity index (χ0) is 24.3. The molecule has 2 N–H and O–H groups in total. The molecule has 7 nitrogen and oxygen atoms in total. The molecular weight excluding hydrogens is 464 g/mol. The van der Waals surface area contributed by atoms with Crippen LogP contribution in [0.5, 0.6) is 17.2 Å². The van der Waals surface area contributed by atoms with Crippen LogP contribution in [0.3, 0.4) is 0 Å². The number of esters is 2. The van der Waals surface area contributed by atoms with Crippen molar-refractivity contribution in [3.8, 4) is 17.2 Å². The third-order valence-electron chi connectivity index (χ3n) is 5.10. The van der Waals surface area contributed by atoms with E-state index in [4.69, 9.17) is 14.2 Å². The summed E-state index contributed by atoms with van der Waals surface area (Å²) in [5, 5.41) is 22.2. The average molecular weight is 491 g/mol. The largest absolute Gasteiger partial charge is 0.506 e. The normalized spacial score (nSPS) is 11.0. The van der Waals surface area contributed by atoms with Gasteiger partial charge in [0, 0.05) is 15.3 Å². The van der Waals surface area contributed by atoms with E-state index in [9.17, 15) is 19.8 Å². The van der Waals surface area contributed by atoms with Crippen LogP contribution in [0.25, 0.3) is 0 Å². The predicted octanol–water partition coefficient (Wildman–Crippen LogP) is 5.38. The lowest BCUT2D eigenvalue weighted by atomic mass is 9.92. The molecule has 2 aromatic heterocycles. The molecule has 0 atom stereocenters. The van der Waals surface area contributed by atoms with Gasteiger partial charge in [0.2, 0.25) is 0 Å². The van der Waals surface area contributed by atoms with Gasteiger partial charge in [-0.15, -0.1) is 22.7 Å². The van der Waals surface area contributed by atoms with Crippen LogP contribution in [-0.4, -0.2) is 42.5 Å². The number of para-hydroxylation sites is 1. The lowest BCUT2D eigenvalue weighted by Crippen LogP contribution is -2.07. The summed E-state index contributed by atoms with van der Waals surface area (Å²) in [5.74, 6) is -1.82. The lowest BCUT2D eigenvalue weighted by molar-refractivity contribution is 0.0513. The highest BCUT2D eigenvalue weighted by Gasteiger charge is 2.35. The molecular formula is C24H26O7S2. The van der Waals surface area contributed by atoms with E-state index in [2.05, 4.69) is 0 Å². The molecule has 0 aliphatic rings. The summed E-state index contributed by atoms with van der Waals surface area (Å²) in [6.07, 6.45) is 0. The Balaban J connectivity index is 2.29. The molecule has 0 spiro atoms. The Labute approximate surface area is 200 Å². The number of rotatable bonds is 8. The van der Waals surface area contributed by atoms with E-state index in [1.165, 1.54) is 29.8 Å². The second-order valence-corrected chi connectivity index (χ2v) is 9.62. The van der Waals surface area contributed by atoms with Crippen LogP contribution in [0, 0.1) is 13.8 Å². The minimum absolute atomic E-state index is 0.0927. The highest BCUT2D eigenvalue weighted by atomic mass is 32.1. The van der Waals surface area contributed by atoms with Crippen molar-refractivity contribution >= 4 is 34.6 Å². The molecule has 176 valence electrons. The van der Waals surface area contributed by atoms with Crippen molar-refractivity contribution in [2.75, 3.05) is 20.3 Å². The predicted molar refractivity (Wildman–Crippen MR) is 127 cm³/mol. The second-order valence-electron chi connectivity index (χ2n) is 7.11. The van der Waals surface area contributed by atoms with E-state index in [0.29, 0.717) is 30.8 Å². The van der Waals surface area contributed by atoms with Crippen LogP contribution in [0.1, 0.15) is 65.6 Å². The van der Waals surface area contributed by atoms with Crippen LogP contribution in [0.4, 0.5) is 0 Å². The van der Waals surface area contributed by atoms with E-state index < -0.39 is 17.9 Å². The van der Waals surface area contributed by atoms with Gasteiger partial charge < -0.3 is 24.4 Å². The van der Waals surface area contributed by atoms with Gasteiger partial charge in [-0.2, -0.15) is 0 Å². The summed E-state index contributed by atoms with van der Waals surface area (Å²) < 4.78 is 15.8. The van der Waals surface area contributed by atoms with Crippen LogP contribution in [-0.2, 0) is 9.47 Å². The number of aryl methyl sites for hydroxylation is 2. The number of carbonyl (C=O) groups excluding carboxylic acids is 2. The maximum absolute atomic E-state index is 12.5. The van der Waals surface area contributed by atoms with Gasteiger partial charge in [-0.05, 0) is 33.8 Å².